The van der Waals surface area contributed by atoms with Gasteiger partial charge in [-0.3, -0.25) is 4.79 Å². The third-order valence-corrected chi connectivity index (χ3v) is 5.25. The zero-order chi connectivity index (χ0) is 18.6. The first-order chi connectivity index (χ1) is 13.2. The quantitative estimate of drug-likeness (QED) is 0.453. The van der Waals surface area contributed by atoms with Crippen LogP contribution in [0.4, 0.5) is 5.69 Å². The fourth-order valence-corrected chi connectivity index (χ4v) is 3.84. The van der Waals surface area contributed by atoms with E-state index in [1.807, 2.05) is 67.6 Å². The van der Waals surface area contributed by atoms with Crippen molar-refractivity contribution in [3.05, 3.63) is 90.0 Å². The molecule has 0 aliphatic rings. The number of carbonyl (C=O) groups is 1. The summed E-state index contributed by atoms with van der Waals surface area (Å²) in [6, 6.07) is 23.8. The second-order valence-electron chi connectivity index (χ2n) is 6.27. The van der Waals surface area contributed by atoms with Gasteiger partial charge in [0.25, 0.3) is 0 Å². The monoisotopic (exact) mass is 370 g/mol. The van der Waals surface area contributed by atoms with Gasteiger partial charge in [-0.2, -0.15) is 0 Å². The Morgan fingerprint density at radius 3 is 2.59 bits per heavy atom. The summed E-state index contributed by atoms with van der Waals surface area (Å²) in [6.45, 7) is 2.04. The summed E-state index contributed by atoms with van der Waals surface area (Å²) in [7, 11) is 0. The Morgan fingerprint density at radius 2 is 1.78 bits per heavy atom. The van der Waals surface area contributed by atoms with E-state index in [9.17, 15) is 4.79 Å². The number of amides is 1. The Morgan fingerprint density at radius 1 is 1.00 bits per heavy atom. The number of thiazole rings is 1. The number of hydrogen-bond donors (Lipinski definition) is 1. The van der Waals surface area contributed by atoms with Crippen molar-refractivity contribution >= 4 is 39.2 Å². The van der Waals surface area contributed by atoms with Crippen molar-refractivity contribution in [3.8, 4) is 10.6 Å². The van der Waals surface area contributed by atoms with Crippen molar-refractivity contribution in [2.24, 2.45) is 0 Å². The van der Waals surface area contributed by atoms with Crippen LogP contribution in [0.3, 0.4) is 0 Å². The minimum atomic E-state index is -0.162. The molecule has 4 aromatic rings. The lowest BCUT2D eigenvalue weighted by Gasteiger charge is -2.09. The predicted molar refractivity (Wildman–Crippen MR) is 114 cm³/mol. The number of hydrogen-bond acceptors (Lipinski definition) is 3. The molecule has 0 fully saturated rings. The van der Waals surface area contributed by atoms with Gasteiger partial charge in [-0.1, -0.05) is 54.1 Å². The highest BCUT2D eigenvalue weighted by atomic mass is 32.1. The maximum Gasteiger partial charge on any atom is 0.248 e. The number of carbonyl (C=O) groups excluding carboxylic acids is 1. The van der Waals surface area contributed by atoms with Crippen molar-refractivity contribution in [3.63, 3.8) is 0 Å². The fraction of sp³-hybridized carbons (Fsp3) is 0.0435. The van der Waals surface area contributed by atoms with Crippen molar-refractivity contribution in [1.29, 1.82) is 0 Å². The number of para-hydroxylation sites is 1. The average Bonchev–Trinajstić information content (AvgIpc) is 3.12. The minimum Gasteiger partial charge on any atom is -0.322 e. The summed E-state index contributed by atoms with van der Waals surface area (Å²) in [4.78, 5) is 17.1. The number of aromatic nitrogens is 1. The van der Waals surface area contributed by atoms with Gasteiger partial charge in [-0.15, -0.1) is 11.3 Å². The first-order valence-electron chi connectivity index (χ1n) is 8.70. The molecule has 0 bridgehead atoms. The Bertz CT molecular complexity index is 1100. The van der Waals surface area contributed by atoms with E-state index in [1.54, 1.807) is 23.5 Å². The SMILES string of the molecule is Cc1ccc(NC(=O)/C=C/c2ccccc2)c(-c2nc3ccccc3s2)c1. The van der Waals surface area contributed by atoms with E-state index < -0.39 is 0 Å². The van der Waals surface area contributed by atoms with Gasteiger partial charge >= 0.3 is 0 Å². The molecule has 1 heterocycles. The molecule has 3 nitrogen and oxygen atoms in total. The Kier molecular flexibility index (Phi) is 4.81. The van der Waals surface area contributed by atoms with Gasteiger partial charge in [0, 0.05) is 11.6 Å². The molecular formula is C23H18N2OS. The maximum absolute atomic E-state index is 12.4. The van der Waals surface area contributed by atoms with Crippen molar-refractivity contribution in [2.75, 3.05) is 5.32 Å². The standard InChI is InChI=1S/C23H18N2OS/c1-16-11-13-19(24-22(26)14-12-17-7-3-2-4-8-17)18(15-16)23-25-20-9-5-6-10-21(20)27-23/h2-15H,1H3,(H,24,26)/b14-12+. The summed E-state index contributed by atoms with van der Waals surface area (Å²) in [5, 5.41) is 3.90. The average molecular weight is 370 g/mol. The zero-order valence-corrected chi connectivity index (χ0v) is 15.7. The van der Waals surface area contributed by atoms with Crippen LogP contribution in [0.15, 0.2) is 78.9 Å². The Balaban J connectivity index is 1.63. The maximum atomic E-state index is 12.4. The molecule has 27 heavy (non-hydrogen) atoms. The van der Waals surface area contributed by atoms with Crippen LogP contribution in [0.25, 0.3) is 26.9 Å². The molecule has 0 aliphatic carbocycles. The summed E-state index contributed by atoms with van der Waals surface area (Å²) < 4.78 is 1.13. The van der Waals surface area contributed by atoms with Crippen LogP contribution < -0.4 is 5.32 Å². The summed E-state index contributed by atoms with van der Waals surface area (Å²) in [5.41, 5.74) is 4.80. The number of rotatable bonds is 4. The smallest absolute Gasteiger partial charge is 0.248 e. The predicted octanol–water partition coefficient (Wildman–Crippen LogP) is 5.92. The molecule has 0 atom stereocenters. The molecule has 0 unspecified atom stereocenters. The Hall–Kier alpha value is -3.24. The van der Waals surface area contributed by atoms with E-state index in [1.165, 1.54) is 0 Å². The lowest BCUT2D eigenvalue weighted by Crippen LogP contribution is -2.08. The highest BCUT2D eigenvalue weighted by Crippen LogP contribution is 2.35. The second-order valence-corrected chi connectivity index (χ2v) is 7.30. The molecule has 0 radical (unpaired) electrons. The van der Waals surface area contributed by atoms with E-state index in [0.717, 1.165) is 37.6 Å². The van der Waals surface area contributed by atoms with Gasteiger partial charge in [-0.25, -0.2) is 4.98 Å². The van der Waals surface area contributed by atoms with E-state index in [-0.39, 0.29) is 5.91 Å². The van der Waals surface area contributed by atoms with Gasteiger partial charge in [0.05, 0.1) is 15.9 Å². The number of aryl methyl sites for hydroxylation is 1. The van der Waals surface area contributed by atoms with Crippen LogP contribution >= 0.6 is 11.3 Å². The Labute approximate surface area is 162 Å². The molecule has 3 aromatic carbocycles. The van der Waals surface area contributed by atoms with Gasteiger partial charge in [0.2, 0.25) is 5.91 Å². The minimum absolute atomic E-state index is 0.162. The van der Waals surface area contributed by atoms with Gasteiger partial charge in [0.15, 0.2) is 0 Å². The van der Waals surface area contributed by atoms with Crippen LogP contribution in [0, 0.1) is 6.92 Å². The molecule has 1 amide bonds. The largest absolute Gasteiger partial charge is 0.322 e. The van der Waals surface area contributed by atoms with Crippen LogP contribution in [-0.4, -0.2) is 10.9 Å². The van der Waals surface area contributed by atoms with Crippen LogP contribution in [0.5, 0.6) is 0 Å². The molecule has 0 aliphatic heterocycles. The molecule has 0 spiro atoms. The number of nitrogens with one attached hydrogen (secondary N) is 1. The van der Waals surface area contributed by atoms with Crippen LogP contribution in [-0.2, 0) is 4.79 Å². The molecule has 1 aromatic heterocycles. The zero-order valence-electron chi connectivity index (χ0n) is 14.8. The lowest BCUT2D eigenvalue weighted by molar-refractivity contribution is -0.111. The van der Waals surface area contributed by atoms with Crippen molar-refractivity contribution in [2.45, 2.75) is 6.92 Å². The van der Waals surface area contributed by atoms with E-state index in [2.05, 4.69) is 17.4 Å². The molecule has 4 rings (SSSR count). The first kappa shape index (κ1) is 17.2. The molecule has 0 saturated heterocycles. The topological polar surface area (TPSA) is 42.0 Å². The van der Waals surface area contributed by atoms with Gasteiger partial charge in [-0.05, 0) is 42.8 Å². The second kappa shape index (κ2) is 7.56. The first-order valence-corrected chi connectivity index (χ1v) is 9.51. The molecule has 4 heteroatoms. The number of benzene rings is 3. The van der Waals surface area contributed by atoms with Crippen LogP contribution in [0.1, 0.15) is 11.1 Å². The fourth-order valence-electron chi connectivity index (χ4n) is 2.84. The van der Waals surface area contributed by atoms with Gasteiger partial charge < -0.3 is 5.32 Å². The van der Waals surface area contributed by atoms with Crippen molar-refractivity contribution < 1.29 is 4.79 Å². The van der Waals surface area contributed by atoms with Crippen molar-refractivity contribution in [1.82, 2.24) is 4.98 Å². The summed E-state index contributed by atoms with van der Waals surface area (Å²) in [6.07, 6.45) is 3.36. The van der Waals surface area contributed by atoms with Crippen LogP contribution in [0.2, 0.25) is 0 Å². The highest BCUT2D eigenvalue weighted by Gasteiger charge is 2.12. The molecular weight excluding hydrogens is 352 g/mol. The third kappa shape index (κ3) is 3.96. The van der Waals surface area contributed by atoms with Gasteiger partial charge in [0.1, 0.15) is 5.01 Å². The third-order valence-electron chi connectivity index (χ3n) is 4.18. The summed E-state index contributed by atoms with van der Waals surface area (Å²) in [5.74, 6) is -0.162. The van der Waals surface area contributed by atoms with E-state index in [4.69, 9.17) is 4.98 Å². The molecule has 132 valence electrons. The number of anilines is 1. The number of fused-ring (bicyclic) bond motifs is 1. The lowest BCUT2D eigenvalue weighted by atomic mass is 10.1. The number of nitrogens with zero attached hydrogens (tertiary/aromatic N) is 1. The highest BCUT2D eigenvalue weighted by molar-refractivity contribution is 7.21. The normalized spacial score (nSPS) is 11.1. The van der Waals surface area contributed by atoms with E-state index in [0.29, 0.717) is 0 Å². The van der Waals surface area contributed by atoms with E-state index >= 15 is 0 Å². The molecule has 0 saturated carbocycles. The summed E-state index contributed by atoms with van der Waals surface area (Å²) >= 11 is 1.63. The molecule has 1 N–H and O–H groups in total.